The molecule has 4 rings (SSSR count). The fourth-order valence-electron chi connectivity index (χ4n) is 5.71. The van der Waals surface area contributed by atoms with Gasteiger partial charge >= 0.3 is 12.4 Å². The topological polar surface area (TPSA) is 12.5 Å². The number of fused-ring (bicyclic) bond motifs is 1. The molecule has 1 saturated heterocycles. The molecule has 1 aliphatic carbocycles. The first-order valence-corrected chi connectivity index (χ1v) is 11.8. The lowest BCUT2D eigenvalue weighted by Gasteiger charge is -2.41. The van der Waals surface area contributed by atoms with Crippen LogP contribution in [0.5, 0.6) is 0 Å². The molecule has 0 amide bonds. The molecule has 0 unspecified atom stereocenters. The third-order valence-corrected chi connectivity index (χ3v) is 7.28. The Bertz CT molecular complexity index is 986. The Balaban J connectivity index is 1.64. The van der Waals surface area contributed by atoms with Gasteiger partial charge in [-0.1, -0.05) is 36.4 Å². The second-order valence-corrected chi connectivity index (χ2v) is 9.60. The predicted molar refractivity (Wildman–Crippen MR) is 122 cm³/mol. The molecule has 2 aromatic carbocycles. The Hall–Kier alpha value is -2.32. The minimum absolute atomic E-state index is 0.0000931. The molecule has 2 aromatic rings. The molecule has 2 aliphatic rings. The van der Waals surface area contributed by atoms with Crippen LogP contribution in [0.2, 0.25) is 0 Å². The van der Waals surface area contributed by atoms with Crippen molar-refractivity contribution < 1.29 is 31.1 Å². The Morgan fingerprint density at radius 3 is 2.17 bits per heavy atom. The fourth-order valence-corrected chi connectivity index (χ4v) is 5.71. The second-order valence-electron chi connectivity index (χ2n) is 9.60. The summed E-state index contributed by atoms with van der Waals surface area (Å²) in [4.78, 5) is 2.34. The van der Waals surface area contributed by atoms with E-state index in [2.05, 4.69) is 11.5 Å². The van der Waals surface area contributed by atoms with E-state index in [0.717, 1.165) is 43.8 Å². The zero-order valence-corrected chi connectivity index (χ0v) is 19.4. The molecular weight excluding hydrogens is 468 g/mol. The van der Waals surface area contributed by atoms with E-state index in [1.165, 1.54) is 6.92 Å². The van der Waals surface area contributed by atoms with E-state index in [-0.39, 0.29) is 29.6 Å². The molecule has 2 fully saturated rings. The summed E-state index contributed by atoms with van der Waals surface area (Å²) in [7, 11) is 0. The average molecular weight is 498 g/mol. The van der Waals surface area contributed by atoms with Crippen molar-refractivity contribution in [3.63, 3.8) is 0 Å². The Labute approximate surface area is 201 Å². The van der Waals surface area contributed by atoms with Crippen LogP contribution in [0.25, 0.3) is 0 Å². The summed E-state index contributed by atoms with van der Waals surface area (Å²) in [5.74, 6) is 0.747. The summed E-state index contributed by atoms with van der Waals surface area (Å²) < 4.78 is 86.5. The highest BCUT2D eigenvalue weighted by atomic mass is 19.4. The van der Waals surface area contributed by atoms with Crippen LogP contribution in [0.1, 0.15) is 54.0 Å². The van der Waals surface area contributed by atoms with Crippen molar-refractivity contribution in [2.24, 2.45) is 11.8 Å². The van der Waals surface area contributed by atoms with Gasteiger partial charge in [0.15, 0.2) is 0 Å². The van der Waals surface area contributed by atoms with Crippen molar-refractivity contribution in [1.29, 1.82) is 0 Å². The highest BCUT2D eigenvalue weighted by molar-refractivity contribution is 5.35. The predicted octanol–water partition coefficient (Wildman–Crippen LogP) is 7.48. The number of nitrogens with zero attached hydrogens (tertiary/aromatic N) is 1. The Morgan fingerprint density at radius 2 is 1.60 bits per heavy atom. The van der Waals surface area contributed by atoms with Crippen LogP contribution < -0.4 is 0 Å². The molecule has 0 spiro atoms. The van der Waals surface area contributed by atoms with Crippen molar-refractivity contribution >= 4 is 0 Å². The van der Waals surface area contributed by atoms with Gasteiger partial charge in [0, 0.05) is 25.6 Å². The molecule has 0 bridgehead atoms. The molecular formula is C27H29F6NO. The Morgan fingerprint density at radius 1 is 0.971 bits per heavy atom. The minimum Gasteiger partial charge on any atom is -0.370 e. The van der Waals surface area contributed by atoms with E-state index < -0.39 is 29.6 Å². The van der Waals surface area contributed by atoms with Crippen LogP contribution in [0.3, 0.4) is 0 Å². The summed E-state index contributed by atoms with van der Waals surface area (Å²) in [5, 5.41) is 0. The zero-order valence-electron chi connectivity index (χ0n) is 19.4. The summed E-state index contributed by atoms with van der Waals surface area (Å²) >= 11 is 0. The molecule has 0 radical (unpaired) electrons. The van der Waals surface area contributed by atoms with Gasteiger partial charge < -0.3 is 4.74 Å². The van der Waals surface area contributed by atoms with E-state index in [1.54, 1.807) is 0 Å². The maximum atomic E-state index is 13.4. The number of hydrogen-bond acceptors (Lipinski definition) is 2. The number of hydrogen-bond donors (Lipinski definition) is 0. The number of alkyl halides is 6. The van der Waals surface area contributed by atoms with E-state index in [1.807, 2.05) is 36.4 Å². The van der Waals surface area contributed by atoms with E-state index in [9.17, 15) is 26.3 Å². The van der Waals surface area contributed by atoms with Crippen molar-refractivity contribution in [1.82, 2.24) is 4.90 Å². The minimum atomic E-state index is -4.89. The lowest BCUT2D eigenvalue weighted by atomic mass is 9.69. The van der Waals surface area contributed by atoms with Gasteiger partial charge in [-0.3, -0.25) is 4.90 Å². The molecule has 8 heteroatoms. The van der Waals surface area contributed by atoms with Crippen LogP contribution in [0.4, 0.5) is 26.3 Å². The molecule has 2 nitrogen and oxygen atoms in total. The van der Waals surface area contributed by atoms with Gasteiger partial charge in [-0.2, -0.15) is 26.3 Å². The largest absolute Gasteiger partial charge is 0.416 e. The second kappa shape index (κ2) is 9.97. The zero-order chi connectivity index (χ0) is 25.4. The summed E-state index contributed by atoms with van der Waals surface area (Å²) in [5.41, 5.74) is -1.69. The van der Waals surface area contributed by atoms with Crippen LogP contribution in [0.15, 0.2) is 61.2 Å². The fraction of sp³-hybridized carbons (Fsp3) is 0.481. The van der Waals surface area contributed by atoms with Crippen LogP contribution in [-0.2, 0) is 17.1 Å². The standard InChI is InChI=1S/C27H29F6NO/c1-3-11-34-15-19-9-10-24(25(23(19)16-34)18-7-5-4-6-8-18)35-17(2)20-12-21(26(28,29)30)14-22(13-20)27(31,32)33/h3-8,12-14,17,19,23-25H,1,9-11,15-16H2,2H3/t17-,19-,23-,24+,25+/m1/s1. The van der Waals surface area contributed by atoms with Crippen molar-refractivity contribution in [2.75, 3.05) is 19.6 Å². The molecule has 1 heterocycles. The van der Waals surface area contributed by atoms with Gasteiger partial charge in [0.05, 0.1) is 23.3 Å². The van der Waals surface area contributed by atoms with Crippen LogP contribution in [0, 0.1) is 11.8 Å². The first kappa shape index (κ1) is 25.8. The number of rotatable bonds is 6. The number of halogens is 6. The Kier molecular flexibility index (Phi) is 7.34. The van der Waals surface area contributed by atoms with Crippen molar-refractivity contribution in [3.05, 3.63) is 83.4 Å². The molecule has 5 atom stereocenters. The maximum absolute atomic E-state index is 13.4. The van der Waals surface area contributed by atoms with E-state index in [4.69, 9.17) is 4.74 Å². The lowest BCUT2D eigenvalue weighted by Crippen LogP contribution is -2.38. The quantitative estimate of drug-likeness (QED) is 0.303. The normalized spacial score (nSPS) is 26.4. The molecule has 1 saturated carbocycles. The van der Waals surface area contributed by atoms with Crippen molar-refractivity contribution in [3.8, 4) is 0 Å². The number of benzene rings is 2. The first-order chi connectivity index (χ1) is 16.5. The van der Waals surface area contributed by atoms with Gasteiger partial charge in [-0.25, -0.2) is 0 Å². The van der Waals surface area contributed by atoms with E-state index >= 15 is 0 Å². The van der Waals surface area contributed by atoms with Gasteiger partial charge in [0.25, 0.3) is 0 Å². The van der Waals surface area contributed by atoms with Crippen molar-refractivity contribution in [2.45, 2.75) is 50.2 Å². The van der Waals surface area contributed by atoms with Crippen LogP contribution in [-0.4, -0.2) is 30.6 Å². The van der Waals surface area contributed by atoms with Crippen LogP contribution >= 0.6 is 0 Å². The lowest BCUT2D eigenvalue weighted by molar-refractivity contribution is -0.143. The van der Waals surface area contributed by atoms with Gasteiger partial charge in [0.2, 0.25) is 0 Å². The average Bonchev–Trinajstić information content (AvgIpc) is 3.21. The highest BCUT2D eigenvalue weighted by Gasteiger charge is 2.46. The van der Waals surface area contributed by atoms with Gasteiger partial charge in [-0.15, -0.1) is 6.58 Å². The smallest absolute Gasteiger partial charge is 0.370 e. The summed E-state index contributed by atoms with van der Waals surface area (Å²) in [6.07, 6.45) is -7.57. The molecule has 1 aliphatic heterocycles. The first-order valence-electron chi connectivity index (χ1n) is 11.8. The van der Waals surface area contributed by atoms with Gasteiger partial charge in [0.1, 0.15) is 0 Å². The molecule has 190 valence electrons. The molecule has 35 heavy (non-hydrogen) atoms. The monoisotopic (exact) mass is 497 g/mol. The number of ether oxygens (including phenoxy) is 1. The molecule has 0 N–H and O–H groups in total. The number of likely N-dealkylation sites (tertiary alicyclic amines) is 1. The highest BCUT2D eigenvalue weighted by Crippen LogP contribution is 2.48. The third-order valence-electron chi connectivity index (χ3n) is 7.28. The SMILES string of the molecule is C=CCN1C[C@H]2CC[C@H](O[C@H](C)c3cc(C(F)(F)F)cc(C(F)(F)F)c3)[C@@H](c3ccccc3)[C@@H]2C1. The summed E-state index contributed by atoms with van der Waals surface area (Å²) in [6, 6.07) is 11.5. The van der Waals surface area contributed by atoms with Gasteiger partial charge in [-0.05, 0) is 60.9 Å². The third kappa shape index (κ3) is 5.75. The summed E-state index contributed by atoms with van der Waals surface area (Å²) in [6.45, 7) is 7.94. The molecule has 0 aromatic heterocycles. The maximum Gasteiger partial charge on any atom is 0.416 e. The van der Waals surface area contributed by atoms with E-state index in [0.29, 0.717) is 12.3 Å².